The molecule has 1 aliphatic rings. The lowest BCUT2D eigenvalue weighted by Gasteiger charge is -2.15. The number of sulfonamides is 1. The average molecular weight is 358 g/mol. The third-order valence-corrected chi connectivity index (χ3v) is 5.79. The zero-order valence-electron chi connectivity index (χ0n) is 14.3. The van der Waals surface area contributed by atoms with Crippen molar-refractivity contribution >= 4 is 15.9 Å². The van der Waals surface area contributed by atoms with Crippen LogP contribution in [0.5, 0.6) is 0 Å². The van der Waals surface area contributed by atoms with E-state index < -0.39 is 10.0 Å². The number of amides is 1. The molecular formula is C19H22N2O3S. The summed E-state index contributed by atoms with van der Waals surface area (Å²) in [5.41, 5.74) is 2.62. The van der Waals surface area contributed by atoms with E-state index in [0.29, 0.717) is 5.56 Å². The van der Waals surface area contributed by atoms with Gasteiger partial charge in [0.05, 0.1) is 10.9 Å². The topological polar surface area (TPSA) is 75.3 Å². The van der Waals surface area contributed by atoms with Crippen molar-refractivity contribution in [3.05, 3.63) is 65.2 Å². The van der Waals surface area contributed by atoms with Crippen molar-refractivity contribution in [2.45, 2.75) is 43.7 Å². The molecule has 0 bridgehead atoms. The Morgan fingerprint density at radius 3 is 2.20 bits per heavy atom. The van der Waals surface area contributed by atoms with Crippen LogP contribution in [-0.2, 0) is 10.0 Å². The van der Waals surface area contributed by atoms with Crippen LogP contribution in [0.25, 0.3) is 0 Å². The van der Waals surface area contributed by atoms with E-state index in [1.165, 1.54) is 17.7 Å². The predicted octanol–water partition coefficient (Wildman–Crippen LogP) is 2.93. The molecule has 132 valence electrons. The quantitative estimate of drug-likeness (QED) is 0.834. The van der Waals surface area contributed by atoms with Gasteiger partial charge in [-0.15, -0.1) is 0 Å². The molecule has 6 heteroatoms. The summed E-state index contributed by atoms with van der Waals surface area (Å²) < 4.78 is 26.9. The first kappa shape index (κ1) is 17.6. The van der Waals surface area contributed by atoms with E-state index in [2.05, 4.69) is 10.0 Å². The van der Waals surface area contributed by atoms with E-state index in [0.717, 1.165) is 18.4 Å². The monoisotopic (exact) mass is 358 g/mol. The van der Waals surface area contributed by atoms with Crippen molar-refractivity contribution in [3.8, 4) is 0 Å². The molecule has 25 heavy (non-hydrogen) atoms. The standard InChI is InChI=1S/C19H22N2O3S/c1-13-3-5-15(6-4-13)14(2)20-19(22)16-7-11-18(12-8-16)25(23,24)21-17-9-10-17/h3-8,11-12,14,17,21H,9-10H2,1-2H3,(H,20,22). The lowest BCUT2D eigenvalue weighted by atomic mass is 10.1. The van der Waals surface area contributed by atoms with Crippen LogP contribution in [0.2, 0.25) is 0 Å². The first-order valence-corrected chi connectivity index (χ1v) is 9.83. The molecule has 5 nitrogen and oxygen atoms in total. The van der Waals surface area contributed by atoms with Crippen molar-refractivity contribution in [1.29, 1.82) is 0 Å². The van der Waals surface area contributed by atoms with Gasteiger partial charge in [-0.05, 0) is 56.5 Å². The molecule has 0 radical (unpaired) electrons. The molecule has 1 atom stereocenters. The summed E-state index contributed by atoms with van der Waals surface area (Å²) in [4.78, 5) is 12.6. The van der Waals surface area contributed by atoms with Crippen molar-refractivity contribution in [3.63, 3.8) is 0 Å². The van der Waals surface area contributed by atoms with Gasteiger partial charge in [-0.1, -0.05) is 29.8 Å². The van der Waals surface area contributed by atoms with Crippen LogP contribution in [0.1, 0.15) is 47.3 Å². The Bertz CT molecular complexity index is 855. The van der Waals surface area contributed by atoms with E-state index >= 15 is 0 Å². The molecule has 0 heterocycles. The zero-order chi connectivity index (χ0) is 18.0. The Balaban J connectivity index is 1.67. The molecule has 1 amide bonds. The molecule has 0 aliphatic heterocycles. The van der Waals surface area contributed by atoms with Gasteiger partial charge in [0.15, 0.2) is 0 Å². The highest BCUT2D eigenvalue weighted by atomic mass is 32.2. The highest BCUT2D eigenvalue weighted by molar-refractivity contribution is 7.89. The second-order valence-corrected chi connectivity index (χ2v) is 8.24. The van der Waals surface area contributed by atoms with Crippen molar-refractivity contribution in [1.82, 2.24) is 10.0 Å². The molecular weight excluding hydrogens is 336 g/mol. The Hall–Kier alpha value is -2.18. The van der Waals surface area contributed by atoms with Crippen molar-refractivity contribution < 1.29 is 13.2 Å². The van der Waals surface area contributed by atoms with Gasteiger partial charge in [-0.2, -0.15) is 0 Å². The number of carbonyl (C=O) groups excluding carboxylic acids is 1. The van der Waals surface area contributed by atoms with Crippen LogP contribution in [0, 0.1) is 6.92 Å². The van der Waals surface area contributed by atoms with Crippen molar-refractivity contribution in [2.75, 3.05) is 0 Å². The van der Waals surface area contributed by atoms with Crippen LogP contribution in [-0.4, -0.2) is 20.4 Å². The Morgan fingerprint density at radius 2 is 1.64 bits per heavy atom. The number of hydrogen-bond donors (Lipinski definition) is 2. The van der Waals surface area contributed by atoms with Gasteiger partial charge in [0.2, 0.25) is 10.0 Å². The highest BCUT2D eigenvalue weighted by Crippen LogP contribution is 2.22. The SMILES string of the molecule is Cc1ccc(C(C)NC(=O)c2ccc(S(=O)(=O)NC3CC3)cc2)cc1. The molecule has 0 spiro atoms. The summed E-state index contributed by atoms with van der Waals surface area (Å²) in [5, 5.41) is 2.93. The molecule has 2 aromatic rings. The smallest absolute Gasteiger partial charge is 0.251 e. The summed E-state index contributed by atoms with van der Waals surface area (Å²) in [6.45, 7) is 3.93. The predicted molar refractivity (Wildman–Crippen MR) is 96.8 cm³/mol. The lowest BCUT2D eigenvalue weighted by Crippen LogP contribution is -2.27. The van der Waals surface area contributed by atoms with Crippen LogP contribution < -0.4 is 10.0 Å². The van der Waals surface area contributed by atoms with Crippen LogP contribution in [0.15, 0.2) is 53.4 Å². The lowest BCUT2D eigenvalue weighted by molar-refractivity contribution is 0.0940. The maximum Gasteiger partial charge on any atom is 0.251 e. The Labute approximate surface area is 148 Å². The Kier molecular flexibility index (Phi) is 4.92. The number of hydrogen-bond acceptors (Lipinski definition) is 3. The molecule has 1 fully saturated rings. The fraction of sp³-hybridized carbons (Fsp3) is 0.316. The fourth-order valence-corrected chi connectivity index (χ4v) is 3.80. The van der Waals surface area contributed by atoms with Crippen molar-refractivity contribution in [2.24, 2.45) is 0 Å². The maximum atomic E-state index is 12.4. The van der Waals surface area contributed by atoms with Crippen LogP contribution in [0.3, 0.4) is 0 Å². The maximum absolute atomic E-state index is 12.4. The molecule has 1 unspecified atom stereocenters. The molecule has 1 saturated carbocycles. The van der Waals surface area contributed by atoms with E-state index in [1.807, 2.05) is 38.1 Å². The van der Waals surface area contributed by atoms with Gasteiger partial charge in [-0.25, -0.2) is 13.1 Å². The van der Waals surface area contributed by atoms with Gasteiger partial charge >= 0.3 is 0 Å². The minimum atomic E-state index is -3.49. The van der Waals surface area contributed by atoms with E-state index in [9.17, 15) is 13.2 Å². The fourth-order valence-electron chi connectivity index (χ4n) is 2.49. The number of carbonyl (C=O) groups is 1. The highest BCUT2D eigenvalue weighted by Gasteiger charge is 2.28. The van der Waals surface area contributed by atoms with Gasteiger partial charge in [0, 0.05) is 11.6 Å². The molecule has 0 saturated heterocycles. The van der Waals surface area contributed by atoms with Gasteiger partial charge in [0.25, 0.3) is 5.91 Å². The van der Waals surface area contributed by atoms with Gasteiger partial charge < -0.3 is 5.32 Å². The van der Waals surface area contributed by atoms with Gasteiger partial charge in [-0.3, -0.25) is 4.79 Å². The van der Waals surface area contributed by atoms with Crippen LogP contribution >= 0.6 is 0 Å². The third kappa shape index (κ3) is 4.46. The molecule has 3 rings (SSSR count). The largest absolute Gasteiger partial charge is 0.346 e. The number of aryl methyl sites for hydroxylation is 1. The first-order valence-electron chi connectivity index (χ1n) is 8.35. The average Bonchev–Trinajstić information content (AvgIpc) is 3.38. The Morgan fingerprint density at radius 1 is 1.04 bits per heavy atom. The first-order chi connectivity index (χ1) is 11.8. The summed E-state index contributed by atoms with van der Waals surface area (Å²) in [7, 11) is -3.49. The van der Waals surface area contributed by atoms with E-state index in [-0.39, 0.29) is 22.9 Å². The normalized spacial score (nSPS) is 15.6. The molecule has 2 N–H and O–H groups in total. The summed E-state index contributed by atoms with van der Waals surface area (Å²) in [6.07, 6.45) is 1.77. The second-order valence-electron chi connectivity index (χ2n) is 6.53. The molecule has 1 aliphatic carbocycles. The molecule has 0 aromatic heterocycles. The minimum Gasteiger partial charge on any atom is -0.346 e. The van der Waals surface area contributed by atoms with E-state index in [4.69, 9.17) is 0 Å². The minimum absolute atomic E-state index is 0.0586. The second kappa shape index (κ2) is 6.98. The number of benzene rings is 2. The summed E-state index contributed by atoms with van der Waals surface area (Å²) in [5.74, 6) is -0.229. The van der Waals surface area contributed by atoms with Crippen LogP contribution in [0.4, 0.5) is 0 Å². The number of rotatable bonds is 6. The zero-order valence-corrected chi connectivity index (χ0v) is 15.1. The summed E-state index contributed by atoms with van der Waals surface area (Å²) >= 11 is 0. The number of nitrogens with one attached hydrogen (secondary N) is 2. The van der Waals surface area contributed by atoms with Gasteiger partial charge in [0.1, 0.15) is 0 Å². The third-order valence-electron chi connectivity index (χ3n) is 4.25. The summed E-state index contributed by atoms with van der Waals surface area (Å²) in [6, 6.07) is 13.9. The molecule has 2 aromatic carbocycles. The van der Waals surface area contributed by atoms with E-state index in [1.54, 1.807) is 12.1 Å².